The van der Waals surface area contributed by atoms with Gasteiger partial charge in [0.1, 0.15) is 8.07 Å². The molecule has 0 saturated carbocycles. The van der Waals surface area contributed by atoms with E-state index in [1.807, 2.05) is 54.6 Å². The molecule has 0 bridgehead atoms. The van der Waals surface area contributed by atoms with Gasteiger partial charge in [-0.05, 0) is 134 Å². The van der Waals surface area contributed by atoms with Gasteiger partial charge in [0.25, 0.3) is 0 Å². The second-order valence-electron chi connectivity index (χ2n) is 19.7. The van der Waals surface area contributed by atoms with Gasteiger partial charge in [0.05, 0.1) is 16.1 Å². The molecule has 3 nitrogen and oxygen atoms in total. The molecular formula is C57H60Cl3IO3Si3. The molecule has 0 spiro atoms. The molecule has 0 aromatic heterocycles. The molecule has 5 aromatic rings. The number of carbonyl (C=O) groups excluding carboxylic acids is 3. The number of hydrogen-bond acceptors (Lipinski definition) is 3. The summed E-state index contributed by atoms with van der Waals surface area (Å²) in [6.07, 6.45) is 5.42. The Hall–Kier alpha value is -3.96. The zero-order valence-electron chi connectivity index (χ0n) is 40.3. The first kappa shape index (κ1) is 54.0. The van der Waals surface area contributed by atoms with E-state index in [1.165, 1.54) is 25.1 Å². The third kappa shape index (κ3) is 13.6. The molecule has 10 heteroatoms. The number of ketones is 3. The molecule has 2 aliphatic rings. The van der Waals surface area contributed by atoms with E-state index in [1.54, 1.807) is 6.07 Å². The lowest BCUT2D eigenvalue weighted by molar-refractivity contribution is 0.103. The Balaban J connectivity index is 0.000000188. The topological polar surface area (TPSA) is 51.2 Å². The van der Waals surface area contributed by atoms with Crippen LogP contribution >= 0.6 is 57.4 Å². The minimum Gasteiger partial charge on any atom is -0.289 e. The smallest absolute Gasteiger partial charge is 0.236 e. The maximum atomic E-state index is 13.1. The predicted octanol–water partition coefficient (Wildman–Crippen LogP) is 14.0. The van der Waals surface area contributed by atoms with E-state index < -0.39 is 24.2 Å². The summed E-state index contributed by atoms with van der Waals surface area (Å²) in [6, 6.07) is 29.8. The normalized spacial score (nSPS) is 12.0. The number of hydrogen-bond donors (Lipinski definition) is 0. The first-order valence-corrected chi connectivity index (χ1v) is 36.1. The minimum atomic E-state index is -1.67. The van der Waals surface area contributed by atoms with Crippen LogP contribution in [0.15, 0.2) is 91.0 Å². The van der Waals surface area contributed by atoms with E-state index in [9.17, 15) is 14.4 Å². The lowest BCUT2D eigenvalue weighted by atomic mass is 10.0. The Morgan fingerprint density at radius 3 is 1.67 bits per heavy atom. The minimum absolute atomic E-state index is 0.178. The van der Waals surface area contributed by atoms with Gasteiger partial charge in [0.2, 0.25) is 5.78 Å². The van der Waals surface area contributed by atoms with Crippen LogP contribution in [-0.2, 0) is 12.8 Å². The Bertz CT molecular complexity index is 2870. The van der Waals surface area contributed by atoms with Gasteiger partial charge < -0.3 is 0 Å². The van der Waals surface area contributed by atoms with Gasteiger partial charge in [-0.2, -0.15) is 0 Å². The summed E-state index contributed by atoms with van der Waals surface area (Å²) < 4.78 is 1.27. The molecule has 0 saturated heterocycles. The van der Waals surface area contributed by atoms with Gasteiger partial charge in [-0.25, -0.2) is 0 Å². The fourth-order valence-electron chi connectivity index (χ4n) is 8.45. The largest absolute Gasteiger partial charge is 0.289 e. The number of rotatable bonds is 11. The van der Waals surface area contributed by atoms with Crippen molar-refractivity contribution in [2.24, 2.45) is 0 Å². The number of halogens is 4. The zero-order valence-corrected chi connectivity index (χ0v) is 47.7. The van der Waals surface area contributed by atoms with Crippen molar-refractivity contribution in [3.8, 4) is 57.4 Å². The molecule has 0 atom stereocenters. The summed E-state index contributed by atoms with van der Waals surface area (Å²) in [4.78, 5) is 38.3. The molecule has 0 radical (unpaired) electrons. The number of carbonyl (C=O) groups is 3. The van der Waals surface area contributed by atoms with Crippen molar-refractivity contribution in [3.63, 3.8) is 0 Å². The van der Waals surface area contributed by atoms with Crippen LogP contribution in [-0.4, -0.2) is 59.2 Å². The van der Waals surface area contributed by atoms with Gasteiger partial charge in [-0.1, -0.05) is 144 Å². The van der Waals surface area contributed by atoms with Crippen molar-refractivity contribution >= 4 is 109 Å². The predicted molar refractivity (Wildman–Crippen MR) is 304 cm³/mol. The van der Waals surface area contributed by atoms with Crippen LogP contribution in [0.3, 0.4) is 0 Å². The maximum absolute atomic E-state index is 13.1. The lowest BCUT2D eigenvalue weighted by Gasteiger charge is -2.25. The maximum Gasteiger partial charge on any atom is 0.236 e. The third-order valence-corrected chi connectivity index (χ3v) is 18.0. The zero-order chi connectivity index (χ0) is 49.1. The number of fused-ring (bicyclic) bond motifs is 6. The van der Waals surface area contributed by atoms with Gasteiger partial charge >= 0.3 is 0 Å². The molecule has 5 aromatic carbocycles. The molecule has 0 amide bonds. The second-order valence-corrected chi connectivity index (χ2v) is 36.8. The number of benzene rings is 5. The third-order valence-electron chi connectivity index (χ3n) is 11.2. The van der Waals surface area contributed by atoms with Crippen LogP contribution in [0.4, 0.5) is 0 Å². The van der Waals surface area contributed by atoms with Crippen molar-refractivity contribution in [1.82, 2.24) is 0 Å². The molecule has 2 aliphatic carbocycles. The molecule has 0 heterocycles. The van der Waals surface area contributed by atoms with Gasteiger partial charge in [-0.3, -0.25) is 14.4 Å². The quantitative estimate of drug-likeness (QED) is 0.0324. The SMILES string of the molecule is C[Si](C)(C)C#CC(=O)c1ccccc1C#CC#CCCCCl.C[Si](C)(C)c1c(CCCCl)c(I)cc2c1C(=O)c1ccccc1-2.C[Si](C)(C)c1c(CCCCl)ccc2c1C(=O)c1ccccc1-2. The average Bonchev–Trinajstić information content (AvgIpc) is 3.73. The van der Waals surface area contributed by atoms with Crippen molar-refractivity contribution in [2.75, 3.05) is 17.6 Å². The van der Waals surface area contributed by atoms with Crippen molar-refractivity contribution in [2.45, 2.75) is 97.4 Å². The molecule has 0 fully saturated rings. The van der Waals surface area contributed by atoms with Crippen molar-refractivity contribution in [1.29, 1.82) is 0 Å². The van der Waals surface area contributed by atoms with Crippen LogP contribution < -0.4 is 10.4 Å². The summed E-state index contributed by atoms with van der Waals surface area (Å²) in [7, 11) is -4.86. The highest BCUT2D eigenvalue weighted by atomic mass is 127. The molecule has 346 valence electrons. The monoisotopic (exact) mass is 1110 g/mol. The summed E-state index contributed by atoms with van der Waals surface area (Å²) in [5, 5.41) is 2.67. The number of unbranched alkanes of at least 4 members (excludes halogenated alkanes) is 1. The first-order chi connectivity index (χ1) is 31.7. The number of alkyl halides is 3. The number of aryl methyl sites for hydroxylation is 1. The average molecular weight is 1110 g/mol. The number of Topliss-reactive ketones (excluding diaryl/α,β-unsaturated/α-hetero) is 1. The Morgan fingerprint density at radius 2 is 1.10 bits per heavy atom. The highest BCUT2D eigenvalue weighted by Gasteiger charge is 2.37. The van der Waals surface area contributed by atoms with E-state index >= 15 is 0 Å². The summed E-state index contributed by atoms with van der Waals surface area (Å²) >= 11 is 19.8. The van der Waals surface area contributed by atoms with Gasteiger partial charge in [0, 0.05) is 61.0 Å². The van der Waals surface area contributed by atoms with E-state index in [0.29, 0.717) is 28.8 Å². The van der Waals surface area contributed by atoms with Crippen molar-refractivity contribution < 1.29 is 14.4 Å². The first-order valence-electron chi connectivity index (χ1n) is 22.9. The van der Waals surface area contributed by atoms with Crippen LogP contribution in [0.2, 0.25) is 58.9 Å². The standard InChI is InChI=1S/C19H20ClIOSi.C19H21ClOSi.C19H19ClOSi/c1-23(2,3)19-14(9-6-10-20)16(21)11-15-12-7-4-5-8-13(12)18(22)17(15)19;1-22(2,3)19-13(7-6-12-20)10-11-15-14-8-4-5-9-16(14)18(21)17(15)19;1-22(2,3)16-14-19(21)18-13-9-8-12-17(18)11-7-5-4-6-10-15-20/h4-5,7-8,11H,6,9-10H2,1-3H3;4-5,8-11H,6-7,12H2,1-3H3;8-9,12-13H,6,10,15H2,1-3H3. The molecule has 7 rings (SSSR count). The van der Waals surface area contributed by atoms with Crippen LogP contribution in [0, 0.1) is 38.7 Å². The van der Waals surface area contributed by atoms with Crippen LogP contribution in [0.25, 0.3) is 22.3 Å². The van der Waals surface area contributed by atoms with E-state index in [4.69, 9.17) is 34.8 Å². The molecule has 0 N–H and O–H groups in total. The highest BCUT2D eigenvalue weighted by molar-refractivity contribution is 14.1. The molecular weight excluding hydrogens is 1050 g/mol. The molecule has 0 unspecified atom stereocenters. The van der Waals surface area contributed by atoms with Crippen LogP contribution in [0.1, 0.15) is 84.6 Å². The van der Waals surface area contributed by atoms with E-state index in [-0.39, 0.29) is 17.3 Å². The summed E-state index contributed by atoms with van der Waals surface area (Å²) in [5.41, 5.74) is 15.0. The van der Waals surface area contributed by atoms with E-state index in [0.717, 1.165) is 83.0 Å². The second kappa shape index (κ2) is 24.0. The fourth-order valence-corrected chi connectivity index (χ4v) is 14.8. The van der Waals surface area contributed by atoms with E-state index in [2.05, 4.69) is 147 Å². The Kier molecular flexibility index (Phi) is 19.4. The Labute approximate surface area is 431 Å². The molecule has 0 aliphatic heterocycles. The summed E-state index contributed by atoms with van der Waals surface area (Å²) in [6.45, 7) is 20.3. The van der Waals surface area contributed by atoms with Crippen molar-refractivity contribution in [3.05, 3.63) is 139 Å². The van der Waals surface area contributed by atoms with Gasteiger partial charge in [-0.15, -0.1) is 40.3 Å². The van der Waals surface area contributed by atoms with Crippen LogP contribution in [0.5, 0.6) is 0 Å². The fraction of sp³-hybridized carbons (Fsp3) is 0.316. The summed E-state index contributed by atoms with van der Waals surface area (Å²) in [5.74, 6) is 16.3. The Morgan fingerprint density at radius 1 is 0.582 bits per heavy atom. The molecule has 67 heavy (non-hydrogen) atoms. The highest BCUT2D eigenvalue weighted by Crippen LogP contribution is 2.39. The van der Waals surface area contributed by atoms with Gasteiger partial charge in [0.15, 0.2) is 11.6 Å². The lowest BCUT2D eigenvalue weighted by Crippen LogP contribution is -2.44.